The monoisotopic (exact) mass is 450 g/mol. The summed E-state index contributed by atoms with van der Waals surface area (Å²) < 4.78 is 13.2. The lowest BCUT2D eigenvalue weighted by molar-refractivity contribution is -0.184. The highest BCUT2D eigenvalue weighted by atomic mass is 16.5. The first-order chi connectivity index (χ1) is 15.9. The molecule has 9 heteroatoms. The Morgan fingerprint density at radius 3 is 2.70 bits per heavy atom. The molecule has 5 rings (SSSR count). The van der Waals surface area contributed by atoms with E-state index in [-0.39, 0.29) is 11.7 Å². The number of hydrogen-bond acceptors (Lipinski definition) is 8. The van der Waals surface area contributed by atoms with Crippen molar-refractivity contribution in [2.24, 2.45) is 0 Å². The number of rotatable bonds is 6. The van der Waals surface area contributed by atoms with E-state index in [1.165, 1.54) is 0 Å². The van der Waals surface area contributed by atoms with Gasteiger partial charge in [0.25, 0.3) is 5.88 Å². The average Bonchev–Trinajstić information content (AvgIpc) is 3.27. The smallest absolute Gasteiger partial charge is 0.263 e. The molecule has 0 aliphatic carbocycles. The molecule has 0 atom stereocenters. The first-order valence-corrected chi connectivity index (χ1v) is 11.4. The van der Waals surface area contributed by atoms with Gasteiger partial charge < -0.3 is 25.2 Å². The number of benzene rings is 1. The second kappa shape index (κ2) is 8.74. The zero-order chi connectivity index (χ0) is 23.0. The summed E-state index contributed by atoms with van der Waals surface area (Å²) in [6.07, 6.45) is 8.16. The summed E-state index contributed by atoms with van der Waals surface area (Å²) in [7, 11) is 2.14. The number of aryl methyl sites for hydroxylation is 1. The molecule has 4 heterocycles. The van der Waals surface area contributed by atoms with Crippen LogP contribution in [0.1, 0.15) is 36.9 Å². The van der Waals surface area contributed by atoms with E-state index >= 15 is 0 Å². The van der Waals surface area contributed by atoms with Gasteiger partial charge in [-0.25, -0.2) is 9.97 Å². The van der Waals surface area contributed by atoms with Crippen LogP contribution in [-0.4, -0.2) is 63.1 Å². The van der Waals surface area contributed by atoms with Gasteiger partial charge in [0, 0.05) is 5.56 Å². The highest BCUT2D eigenvalue weighted by molar-refractivity contribution is 5.63. The predicted molar refractivity (Wildman–Crippen MR) is 124 cm³/mol. The Kier molecular flexibility index (Phi) is 5.77. The number of nitrogens with two attached hydrogens (primary N) is 1. The Labute approximate surface area is 193 Å². The zero-order valence-electron chi connectivity index (χ0n) is 19.1. The molecule has 0 spiro atoms. The summed E-state index contributed by atoms with van der Waals surface area (Å²) in [5.41, 5.74) is 8.52. The first kappa shape index (κ1) is 21.8. The van der Waals surface area contributed by atoms with Crippen molar-refractivity contribution in [3.63, 3.8) is 0 Å². The number of aromatic nitrogens is 4. The largest absolute Gasteiger partial charge is 0.433 e. The van der Waals surface area contributed by atoms with Crippen LogP contribution in [0.15, 0.2) is 36.8 Å². The van der Waals surface area contributed by atoms with Crippen molar-refractivity contribution in [1.82, 2.24) is 24.6 Å². The summed E-state index contributed by atoms with van der Waals surface area (Å²) in [6.45, 7) is 4.78. The first-order valence-electron chi connectivity index (χ1n) is 11.4. The third kappa shape index (κ3) is 4.44. The summed E-state index contributed by atoms with van der Waals surface area (Å²) in [5.74, 6) is 1.03. The third-order valence-corrected chi connectivity index (χ3v) is 6.54. The number of likely N-dealkylation sites (tertiary alicyclic amines) is 1. The second-order valence-electron chi connectivity index (χ2n) is 9.03. The molecule has 9 nitrogen and oxygen atoms in total. The number of nitrogen functional groups attached to an aromatic ring is 1. The molecule has 174 valence electrons. The van der Waals surface area contributed by atoms with Crippen LogP contribution in [0.4, 0.5) is 5.82 Å². The van der Waals surface area contributed by atoms with Crippen LogP contribution >= 0.6 is 0 Å². The van der Waals surface area contributed by atoms with Gasteiger partial charge in [0.2, 0.25) is 0 Å². The molecular weight excluding hydrogens is 420 g/mol. The van der Waals surface area contributed by atoms with E-state index in [1.54, 1.807) is 12.4 Å². The fourth-order valence-electron chi connectivity index (χ4n) is 4.31. The molecule has 2 aromatic heterocycles. The molecule has 3 aromatic rings. The Morgan fingerprint density at radius 2 is 2.00 bits per heavy atom. The van der Waals surface area contributed by atoms with Crippen LogP contribution in [0, 0.1) is 0 Å². The molecule has 3 N–H and O–H groups in total. The maximum Gasteiger partial charge on any atom is 0.263 e. The fraction of sp³-hybridized carbons (Fsp3) is 0.458. The Bertz CT molecular complexity index is 1130. The highest BCUT2D eigenvalue weighted by Gasteiger charge is 2.38. The fourth-order valence-corrected chi connectivity index (χ4v) is 4.31. The minimum Gasteiger partial charge on any atom is -0.433 e. The van der Waals surface area contributed by atoms with Gasteiger partial charge in [-0.1, -0.05) is 13.0 Å². The predicted octanol–water partition coefficient (Wildman–Crippen LogP) is 2.76. The van der Waals surface area contributed by atoms with E-state index in [2.05, 4.69) is 40.0 Å². The summed E-state index contributed by atoms with van der Waals surface area (Å²) in [4.78, 5) is 11.3. The van der Waals surface area contributed by atoms with Crippen molar-refractivity contribution < 1.29 is 14.6 Å². The van der Waals surface area contributed by atoms with Gasteiger partial charge in [-0.3, -0.25) is 4.68 Å². The van der Waals surface area contributed by atoms with Crippen LogP contribution in [0.5, 0.6) is 11.6 Å². The number of aliphatic hydroxyl groups is 1. The van der Waals surface area contributed by atoms with E-state index < -0.39 is 5.60 Å². The van der Waals surface area contributed by atoms with Gasteiger partial charge >= 0.3 is 0 Å². The Morgan fingerprint density at radius 1 is 1.21 bits per heavy atom. The SMILES string of the molecule is CCc1cc(-c2cnc(N)c(Oc3cnn(C4CCN(C)CC4)c3)n2)cc(C2(O)COC2)c1. The molecule has 0 amide bonds. The Hall–Kier alpha value is -3.01. The van der Waals surface area contributed by atoms with Crippen LogP contribution in [0.25, 0.3) is 11.3 Å². The van der Waals surface area contributed by atoms with Gasteiger partial charge in [-0.15, -0.1) is 0 Å². The van der Waals surface area contributed by atoms with Gasteiger partial charge in [0.05, 0.1) is 43.5 Å². The number of nitrogens with zero attached hydrogens (tertiary/aromatic N) is 5. The molecule has 0 bridgehead atoms. The molecule has 0 radical (unpaired) electrons. The van der Waals surface area contributed by atoms with Crippen molar-refractivity contribution in [2.75, 3.05) is 39.1 Å². The molecule has 2 aliphatic rings. The van der Waals surface area contributed by atoms with Crippen molar-refractivity contribution in [3.05, 3.63) is 47.9 Å². The maximum atomic E-state index is 10.8. The van der Waals surface area contributed by atoms with E-state index in [1.807, 2.05) is 23.0 Å². The maximum absolute atomic E-state index is 10.8. The number of ether oxygens (including phenoxy) is 2. The highest BCUT2D eigenvalue weighted by Crippen LogP contribution is 2.34. The summed E-state index contributed by atoms with van der Waals surface area (Å²) in [5, 5.41) is 15.3. The minimum absolute atomic E-state index is 0.212. The molecular formula is C24H30N6O3. The van der Waals surface area contributed by atoms with E-state index in [0.717, 1.165) is 49.0 Å². The van der Waals surface area contributed by atoms with Crippen LogP contribution < -0.4 is 10.5 Å². The standard InChI is InChI=1S/C24H30N6O3/c1-3-16-8-17(10-18(9-16)24(31)14-32-15-24)21-12-26-22(25)23(28-21)33-20-11-27-30(13-20)19-4-6-29(2)7-5-19/h8-13,19,31H,3-7,14-15H2,1-2H3,(H2,25,26). The van der Waals surface area contributed by atoms with Crippen molar-refractivity contribution >= 4 is 5.82 Å². The molecule has 0 unspecified atom stereocenters. The van der Waals surface area contributed by atoms with E-state index in [4.69, 9.17) is 15.2 Å². The molecule has 2 aliphatic heterocycles. The van der Waals surface area contributed by atoms with E-state index in [0.29, 0.717) is 30.7 Å². The average molecular weight is 451 g/mol. The molecule has 2 fully saturated rings. The Balaban J connectivity index is 1.40. The van der Waals surface area contributed by atoms with Gasteiger partial charge in [-0.2, -0.15) is 5.10 Å². The van der Waals surface area contributed by atoms with Gasteiger partial charge in [0.1, 0.15) is 5.60 Å². The van der Waals surface area contributed by atoms with Crippen molar-refractivity contribution in [1.29, 1.82) is 0 Å². The molecule has 0 saturated carbocycles. The molecule has 1 aromatic carbocycles. The van der Waals surface area contributed by atoms with Crippen molar-refractivity contribution in [3.8, 4) is 22.9 Å². The normalized spacial score (nSPS) is 18.8. The number of hydrogen-bond donors (Lipinski definition) is 2. The molecule has 2 saturated heterocycles. The van der Waals surface area contributed by atoms with Crippen LogP contribution in [0.3, 0.4) is 0 Å². The number of anilines is 1. The number of piperidine rings is 1. The van der Waals surface area contributed by atoms with Crippen LogP contribution in [0.2, 0.25) is 0 Å². The quantitative estimate of drug-likeness (QED) is 0.590. The topological polar surface area (TPSA) is 112 Å². The van der Waals surface area contributed by atoms with Gasteiger partial charge in [-0.05, 0) is 62.7 Å². The minimum atomic E-state index is -0.955. The van der Waals surface area contributed by atoms with Crippen LogP contribution in [-0.2, 0) is 16.8 Å². The van der Waals surface area contributed by atoms with E-state index in [9.17, 15) is 5.11 Å². The summed E-state index contributed by atoms with van der Waals surface area (Å²) in [6, 6.07) is 6.37. The second-order valence-corrected chi connectivity index (χ2v) is 9.03. The van der Waals surface area contributed by atoms with Gasteiger partial charge in [0.15, 0.2) is 11.6 Å². The zero-order valence-corrected chi connectivity index (χ0v) is 19.1. The van der Waals surface area contributed by atoms with Crippen molar-refractivity contribution in [2.45, 2.75) is 37.8 Å². The lowest BCUT2D eigenvalue weighted by Crippen LogP contribution is -2.46. The lowest BCUT2D eigenvalue weighted by Gasteiger charge is -2.37. The third-order valence-electron chi connectivity index (χ3n) is 6.54. The molecule has 33 heavy (non-hydrogen) atoms. The summed E-state index contributed by atoms with van der Waals surface area (Å²) >= 11 is 0. The lowest BCUT2D eigenvalue weighted by atomic mass is 9.88.